The second-order valence-corrected chi connectivity index (χ2v) is 9.65. The van der Waals surface area contributed by atoms with Crippen molar-refractivity contribution in [1.82, 2.24) is 10.1 Å². The van der Waals surface area contributed by atoms with Crippen LogP contribution in [0.3, 0.4) is 0 Å². The maximum Gasteiger partial charge on any atom is 0.172 e. The molecule has 4 rings (SSSR count). The van der Waals surface area contributed by atoms with E-state index in [-0.39, 0.29) is 5.82 Å². The molecule has 1 heterocycles. The van der Waals surface area contributed by atoms with Crippen LogP contribution >= 0.6 is 0 Å². The lowest BCUT2D eigenvalue weighted by molar-refractivity contribution is 0.111. The number of rotatable bonds is 13. The van der Waals surface area contributed by atoms with Crippen LogP contribution in [-0.4, -0.2) is 50.8 Å². The van der Waals surface area contributed by atoms with E-state index in [1.54, 1.807) is 32.6 Å². The molecular weight excluding hydrogens is 513 g/mol. The highest BCUT2D eigenvalue weighted by atomic mass is 19.1. The number of halogens is 1. The number of benzene rings is 3. The first-order valence-electron chi connectivity index (χ1n) is 12.9. The second-order valence-electron chi connectivity index (χ2n) is 9.65. The van der Waals surface area contributed by atoms with E-state index in [1.165, 1.54) is 12.1 Å². The van der Waals surface area contributed by atoms with Crippen LogP contribution < -0.4 is 19.5 Å². The molecule has 8 nitrogen and oxygen atoms in total. The molecule has 0 bridgehead atoms. The van der Waals surface area contributed by atoms with Crippen molar-refractivity contribution in [2.75, 3.05) is 39.7 Å². The van der Waals surface area contributed by atoms with Gasteiger partial charge in [0.25, 0.3) is 0 Å². The Labute approximate surface area is 233 Å². The van der Waals surface area contributed by atoms with E-state index in [4.69, 9.17) is 18.7 Å². The number of aryl methyl sites for hydroxylation is 2. The third-order valence-electron chi connectivity index (χ3n) is 6.57. The van der Waals surface area contributed by atoms with Crippen molar-refractivity contribution >= 4 is 12.1 Å². The maximum absolute atomic E-state index is 13.9. The fourth-order valence-electron chi connectivity index (χ4n) is 4.49. The smallest absolute Gasteiger partial charge is 0.172 e. The Balaban J connectivity index is 1.55. The lowest BCUT2D eigenvalue weighted by Gasteiger charge is -2.21. The molecule has 0 aliphatic carbocycles. The lowest BCUT2D eigenvalue weighted by atomic mass is 9.95. The van der Waals surface area contributed by atoms with E-state index in [1.807, 2.05) is 45.2 Å². The zero-order valence-electron chi connectivity index (χ0n) is 23.4. The Bertz CT molecular complexity index is 1450. The lowest BCUT2D eigenvalue weighted by Crippen LogP contribution is -2.24. The largest absolute Gasteiger partial charge is 0.497 e. The van der Waals surface area contributed by atoms with Crippen molar-refractivity contribution in [2.45, 2.75) is 26.9 Å². The predicted octanol–water partition coefficient (Wildman–Crippen LogP) is 6.05. The van der Waals surface area contributed by atoms with Gasteiger partial charge in [-0.3, -0.25) is 9.69 Å². The van der Waals surface area contributed by atoms with Crippen molar-refractivity contribution in [2.24, 2.45) is 0 Å². The Hall–Kier alpha value is -4.37. The Morgan fingerprint density at radius 1 is 0.975 bits per heavy atom. The molecule has 210 valence electrons. The van der Waals surface area contributed by atoms with Crippen LogP contribution in [0.5, 0.6) is 17.2 Å². The molecule has 0 saturated heterocycles. The number of hydrogen-bond acceptors (Lipinski definition) is 8. The van der Waals surface area contributed by atoms with Crippen LogP contribution in [0.1, 0.15) is 32.6 Å². The van der Waals surface area contributed by atoms with Crippen LogP contribution in [0.15, 0.2) is 59.3 Å². The fourth-order valence-corrected chi connectivity index (χ4v) is 4.49. The molecule has 1 N–H and O–H groups in total. The SMILES string of the molecule is COc1cc(CN(C)CCOc2c(C=O)cc(CNc3nocc3C)cc2-c2ccc(F)cc2C)cc(OC)c1. The van der Waals surface area contributed by atoms with Gasteiger partial charge in [-0.05, 0) is 79.5 Å². The summed E-state index contributed by atoms with van der Waals surface area (Å²) in [6, 6.07) is 14.1. The highest BCUT2D eigenvalue weighted by Crippen LogP contribution is 2.36. The number of methoxy groups -OCH3 is 2. The minimum Gasteiger partial charge on any atom is -0.497 e. The summed E-state index contributed by atoms with van der Waals surface area (Å²) < 4.78 is 35.9. The third-order valence-corrected chi connectivity index (χ3v) is 6.57. The van der Waals surface area contributed by atoms with Crippen LogP contribution in [0.25, 0.3) is 11.1 Å². The van der Waals surface area contributed by atoms with Crippen molar-refractivity contribution in [3.8, 4) is 28.4 Å². The summed E-state index contributed by atoms with van der Waals surface area (Å²) in [5.41, 5.74) is 5.42. The first kappa shape index (κ1) is 28.6. The molecule has 0 saturated carbocycles. The molecule has 0 aliphatic heterocycles. The summed E-state index contributed by atoms with van der Waals surface area (Å²) in [6.45, 7) is 5.71. The van der Waals surface area contributed by atoms with Crippen LogP contribution in [0.4, 0.5) is 10.2 Å². The zero-order valence-corrected chi connectivity index (χ0v) is 23.4. The van der Waals surface area contributed by atoms with E-state index in [0.717, 1.165) is 51.2 Å². The van der Waals surface area contributed by atoms with Crippen LogP contribution in [-0.2, 0) is 13.1 Å². The Kier molecular flexibility index (Phi) is 9.39. The minimum atomic E-state index is -0.325. The highest BCUT2D eigenvalue weighted by molar-refractivity contribution is 5.87. The first-order valence-corrected chi connectivity index (χ1v) is 12.9. The summed E-state index contributed by atoms with van der Waals surface area (Å²) >= 11 is 0. The number of nitrogens with zero attached hydrogens (tertiary/aromatic N) is 2. The average molecular weight is 548 g/mol. The van der Waals surface area contributed by atoms with Crippen molar-refractivity contribution in [3.63, 3.8) is 0 Å². The van der Waals surface area contributed by atoms with E-state index in [2.05, 4.69) is 15.4 Å². The summed E-state index contributed by atoms with van der Waals surface area (Å²) in [6.07, 6.45) is 2.35. The number of nitrogens with one attached hydrogen (secondary N) is 1. The molecular formula is C31H34FN3O5. The number of ether oxygens (including phenoxy) is 3. The van der Waals surface area contributed by atoms with Gasteiger partial charge in [0.15, 0.2) is 12.1 Å². The minimum absolute atomic E-state index is 0.325. The number of carbonyl (C=O) groups is 1. The predicted molar refractivity (Wildman–Crippen MR) is 152 cm³/mol. The molecule has 1 aromatic heterocycles. The van der Waals surface area contributed by atoms with Gasteiger partial charge in [0.05, 0.1) is 19.8 Å². The maximum atomic E-state index is 13.9. The standard InChI is InChI=1S/C31H34FN3O5/c1-20-10-25(32)6-7-28(20)29-14-22(16-33-31-21(2)19-40-34-31)11-24(18-36)30(29)39-9-8-35(3)17-23-12-26(37-4)15-27(13-23)38-5/h6-7,10-15,18-19H,8-9,16-17H2,1-5H3,(H,33,34). The summed E-state index contributed by atoms with van der Waals surface area (Å²) in [5, 5.41) is 7.19. The number of likely N-dealkylation sites (N-methyl/N-ethyl adjacent to an activating group) is 1. The van der Waals surface area contributed by atoms with Gasteiger partial charge in [-0.2, -0.15) is 0 Å². The molecule has 0 atom stereocenters. The van der Waals surface area contributed by atoms with Gasteiger partial charge < -0.3 is 24.1 Å². The summed E-state index contributed by atoms with van der Waals surface area (Å²) in [7, 11) is 5.23. The van der Waals surface area contributed by atoms with E-state index >= 15 is 0 Å². The molecule has 0 radical (unpaired) electrons. The molecule has 0 fully saturated rings. The number of aromatic nitrogens is 1. The topological polar surface area (TPSA) is 86.1 Å². The summed E-state index contributed by atoms with van der Waals surface area (Å²) in [4.78, 5) is 14.3. The van der Waals surface area contributed by atoms with Gasteiger partial charge in [-0.1, -0.05) is 11.2 Å². The molecule has 9 heteroatoms. The Morgan fingerprint density at radius 3 is 2.35 bits per heavy atom. The van der Waals surface area contributed by atoms with Crippen molar-refractivity contribution in [1.29, 1.82) is 0 Å². The van der Waals surface area contributed by atoms with Gasteiger partial charge in [0.1, 0.15) is 35.9 Å². The highest BCUT2D eigenvalue weighted by Gasteiger charge is 2.17. The number of anilines is 1. The first-order chi connectivity index (χ1) is 19.3. The molecule has 40 heavy (non-hydrogen) atoms. The molecule has 0 spiro atoms. The normalized spacial score (nSPS) is 11.0. The molecule has 0 amide bonds. The van der Waals surface area contributed by atoms with E-state index in [9.17, 15) is 9.18 Å². The third kappa shape index (κ3) is 6.98. The van der Waals surface area contributed by atoms with Gasteiger partial charge in [-0.25, -0.2) is 4.39 Å². The molecule has 4 aromatic rings. The number of aldehydes is 1. The van der Waals surface area contributed by atoms with E-state index in [0.29, 0.717) is 43.4 Å². The molecule has 0 aliphatic rings. The second kappa shape index (κ2) is 13.1. The van der Waals surface area contributed by atoms with Gasteiger partial charge in [0, 0.05) is 36.8 Å². The fraction of sp³-hybridized carbons (Fsp3) is 0.290. The molecule has 0 unspecified atom stereocenters. The van der Waals surface area contributed by atoms with Gasteiger partial charge in [-0.15, -0.1) is 0 Å². The van der Waals surface area contributed by atoms with E-state index < -0.39 is 0 Å². The molecule has 3 aromatic carbocycles. The zero-order chi connectivity index (χ0) is 28.6. The van der Waals surface area contributed by atoms with Gasteiger partial charge in [0.2, 0.25) is 0 Å². The quantitative estimate of drug-likeness (QED) is 0.203. The van der Waals surface area contributed by atoms with Crippen LogP contribution in [0.2, 0.25) is 0 Å². The van der Waals surface area contributed by atoms with Gasteiger partial charge >= 0.3 is 0 Å². The average Bonchev–Trinajstić information content (AvgIpc) is 3.36. The monoisotopic (exact) mass is 547 g/mol. The number of carbonyl (C=O) groups excluding carboxylic acids is 1. The van der Waals surface area contributed by atoms with Crippen LogP contribution in [0, 0.1) is 19.7 Å². The summed E-state index contributed by atoms with van der Waals surface area (Å²) in [5.74, 6) is 2.21. The Morgan fingerprint density at radius 2 is 1.73 bits per heavy atom. The number of hydrogen-bond donors (Lipinski definition) is 1. The van der Waals surface area contributed by atoms with Crippen molar-refractivity contribution < 1.29 is 27.9 Å². The van der Waals surface area contributed by atoms with Crippen molar-refractivity contribution in [3.05, 3.63) is 88.4 Å².